The lowest BCUT2D eigenvalue weighted by molar-refractivity contribution is 0.619. The summed E-state index contributed by atoms with van der Waals surface area (Å²) in [5, 5.41) is 2.07. The molecule has 2 aromatic rings. The van der Waals surface area contributed by atoms with E-state index < -0.39 is 0 Å². The predicted molar refractivity (Wildman–Crippen MR) is 68.2 cm³/mol. The van der Waals surface area contributed by atoms with Gasteiger partial charge in [0, 0.05) is 12.4 Å². The Hall–Kier alpha value is -0.570. The van der Waals surface area contributed by atoms with Crippen LogP contribution in [-0.2, 0) is 0 Å². The Morgan fingerprint density at radius 1 is 1.47 bits per heavy atom. The van der Waals surface area contributed by atoms with E-state index in [4.69, 9.17) is 5.84 Å². The standard InChI is InChI=1S/C9H9IN4S/c10-8-3-6(5-15-8)9(14-11)7-4-12-1-2-13-7/h1-5,9,14H,11H2. The number of thiophene rings is 1. The first-order valence-corrected chi connectivity index (χ1v) is 6.23. The minimum absolute atomic E-state index is 0.0848. The van der Waals surface area contributed by atoms with Crippen LogP contribution >= 0.6 is 33.9 Å². The Morgan fingerprint density at radius 3 is 2.87 bits per heavy atom. The van der Waals surface area contributed by atoms with Crippen LogP contribution in [0, 0.1) is 2.88 Å². The van der Waals surface area contributed by atoms with Crippen LogP contribution in [0.3, 0.4) is 0 Å². The van der Waals surface area contributed by atoms with E-state index in [-0.39, 0.29) is 6.04 Å². The number of hydrazine groups is 1. The molecule has 0 bridgehead atoms. The molecule has 0 amide bonds. The molecular formula is C9H9IN4S. The molecule has 0 saturated carbocycles. The second-order valence-electron chi connectivity index (χ2n) is 2.91. The van der Waals surface area contributed by atoms with Gasteiger partial charge in [0.1, 0.15) is 0 Å². The van der Waals surface area contributed by atoms with Crippen molar-refractivity contribution in [3.8, 4) is 0 Å². The first kappa shape index (κ1) is 10.9. The molecule has 78 valence electrons. The quantitative estimate of drug-likeness (QED) is 0.510. The van der Waals surface area contributed by atoms with E-state index in [9.17, 15) is 0 Å². The van der Waals surface area contributed by atoms with Gasteiger partial charge in [-0.1, -0.05) is 0 Å². The van der Waals surface area contributed by atoms with Crippen molar-refractivity contribution in [1.82, 2.24) is 15.4 Å². The average Bonchev–Trinajstić information content (AvgIpc) is 2.68. The summed E-state index contributed by atoms with van der Waals surface area (Å²) in [6.07, 6.45) is 5.03. The number of nitrogens with two attached hydrogens (primary N) is 1. The van der Waals surface area contributed by atoms with E-state index in [1.165, 1.54) is 2.88 Å². The molecule has 0 aliphatic rings. The lowest BCUT2D eigenvalue weighted by Crippen LogP contribution is -2.29. The van der Waals surface area contributed by atoms with Crippen LogP contribution in [0.2, 0.25) is 0 Å². The maximum atomic E-state index is 5.53. The average molecular weight is 332 g/mol. The number of hydrogen-bond donors (Lipinski definition) is 2. The van der Waals surface area contributed by atoms with Gasteiger partial charge in [-0.2, -0.15) is 0 Å². The Bertz CT molecular complexity index is 431. The van der Waals surface area contributed by atoms with Gasteiger partial charge in [-0.25, -0.2) is 5.43 Å². The third-order valence-electron chi connectivity index (χ3n) is 1.97. The summed E-state index contributed by atoms with van der Waals surface area (Å²) in [5.41, 5.74) is 4.69. The molecular weight excluding hydrogens is 323 g/mol. The van der Waals surface area contributed by atoms with Crippen molar-refractivity contribution >= 4 is 33.9 Å². The van der Waals surface area contributed by atoms with Gasteiger partial charge in [0.15, 0.2) is 0 Å². The zero-order valence-electron chi connectivity index (χ0n) is 7.72. The van der Waals surface area contributed by atoms with Gasteiger partial charge < -0.3 is 0 Å². The van der Waals surface area contributed by atoms with Crippen LogP contribution in [0.25, 0.3) is 0 Å². The molecule has 4 nitrogen and oxygen atoms in total. The molecule has 1 unspecified atom stereocenters. The molecule has 0 saturated heterocycles. The minimum Gasteiger partial charge on any atom is -0.271 e. The lowest BCUT2D eigenvalue weighted by Gasteiger charge is -2.12. The Morgan fingerprint density at radius 2 is 2.33 bits per heavy atom. The highest BCUT2D eigenvalue weighted by Crippen LogP contribution is 2.25. The number of nitrogens with one attached hydrogen (secondary N) is 1. The maximum absolute atomic E-state index is 5.53. The molecule has 2 rings (SSSR count). The van der Waals surface area contributed by atoms with Gasteiger partial charge >= 0.3 is 0 Å². The summed E-state index contributed by atoms with van der Waals surface area (Å²) in [6, 6.07) is 2.00. The fourth-order valence-corrected chi connectivity index (χ4v) is 2.68. The molecule has 0 fully saturated rings. The molecule has 0 spiro atoms. The van der Waals surface area contributed by atoms with Crippen molar-refractivity contribution in [2.75, 3.05) is 0 Å². The number of rotatable bonds is 3. The molecule has 0 aliphatic carbocycles. The minimum atomic E-state index is -0.0848. The van der Waals surface area contributed by atoms with Crippen LogP contribution in [0.4, 0.5) is 0 Å². The van der Waals surface area contributed by atoms with Crippen molar-refractivity contribution in [2.24, 2.45) is 5.84 Å². The van der Waals surface area contributed by atoms with Crippen LogP contribution in [0.1, 0.15) is 17.3 Å². The van der Waals surface area contributed by atoms with Crippen molar-refractivity contribution in [1.29, 1.82) is 0 Å². The number of hydrogen-bond acceptors (Lipinski definition) is 5. The van der Waals surface area contributed by atoms with E-state index in [2.05, 4.69) is 49.4 Å². The third kappa shape index (κ3) is 2.51. The van der Waals surface area contributed by atoms with Crippen molar-refractivity contribution in [2.45, 2.75) is 6.04 Å². The van der Waals surface area contributed by atoms with Crippen molar-refractivity contribution < 1.29 is 0 Å². The van der Waals surface area contributed by atoms with Gasteiger partial charge in [-0.05, 0) is 39.6 Å². The third-order valence-corrected chi connectivity index (χ3v) is 3.77. The van der Waals surface area contributed by atoms with E-state index in [1.54, 1.807) is 29.9 Å². The van der Waals surface area contributed by atoms with Crippen LogP contribution < -0.4 is 11.3 Å². The predicted octanol–water partition coefficient (Wildman–Crippen LogP) is 1.70. The van der Waals surface area contributed by atoms with Crippen molar-refractivity contribution in [3.05, 3.63) is 44.2 Å². The summed E-state index contributed by atoms with van der Waals surface area (Å²) in [6.45, 7) is 0. The second kappa shape index (κ2) is 4.97. The van der Waals surface area contributed by atoms with E-state index in [0.717, 1.165) is 11.3 Å². The first-order chi connectivity index (χ1) is 7.31. The smallest absolute Gasteiger partial charge is 0.0905 e. The Balaban J connectivity index is 2.33. The maximum Gasteiger partial charge on any atom is 0.0905 e. The van der Waals surface area contributed by atoms with Gasteiger partial charge in [-0.3, -0.25) is 15.8 Å². The zero-order valence-corrected chi connectivity index (χ0v) is 10.7. The van der Waals surface area contributed by atoms with Crippen LogP contribution in [-0.4, -0.2) is 9.97 Å². The van der Waals surface area contributed by atoms with Gasteiger partial charge in [0.25, 0.3) is 0 Å². The molecule has 0 aliphatic heterocycles. The number of halogens is 1. The topological polar surface area (TPSA) is 63.8 Å². The summed E-state index contributed by atoms with van der Waals surface area (Å²) < 4.78 is 1.23. The normalized spacial score (nSPS) is 12.7. The van der Waals surface area contributed by atoms with E-state index in [1.807, 2.05) is 0 Å². The van der Waals surface area contributed by atoms with Gasteiger partial charge in [-0.15, -0.1) is 11.3 Å². The second-order valence-corrected chi connectivity index (χ2v) is 5.72. The van der Waals surface area contributed by atoms with Gasteiger partial charge in [0.2, 0.25) is 0 Å². The molecule has 2 heterocycles. The summed E-state index contributed by atoms with van der Waals surface area (Å²) in [4.78, 5) is 8.26. The summed E-state index contributed by atoms with van der Waals surface area (Å²) >= 11 is 3.97. The lowest BCUT2D eigenvalue weighted by atomic mass is 10.1. The monoisotopic (exact) mass is 332 g/mol. The van der Waals surface area contributed by atoms with Crippen molar-refractivity contribution in [3.63, 3.8) is 0 Å². The highest BCUT2D eigenvalue weighted by atomic mass is 127. The summed E-state index contributed by atoms with van der Waals surface area (Å²) in [5.74, 6) is 5.53. The number of aromatic nitrogens is 2. The molecule has 15 heavy (non-hydrogen) atoms. The largest absolute Gasteiger partial charge is 0.271 e. The molecule has 1 atom stereocenters. The highest BCUT2D eigenvalue weighted by Gasteiger charge is 2.14. The Labute approximate surface area is 105 Å². The molecule has 0 radical (unpaired) electrons. The van der Waals surface area contributed by atoms with E-state index in [0.29, 0.717) is 0 Å². The van der Waals surface area contributed by atoms with Crippen LogP contribution in [0.15, 0.2) is 30.0 Å². The fourth-order valence-electron chi connectivity index (χ4n) is 1.29. The first-order valence-electron chi connectivity index (χ1n) is 4.27. The Kier molecular flexibility index (Phi) is 3.62. The fraction of sp³-hybridized carbons (Fsp3) is 0.111. The summed E-state index contributed by atoms with van der Waals surface area (Å²) in [7, 11) is 0. The highest BCUT2D eigenvalue weighted by molar-refractivity contribution is 14.1. The zero-order chi connectivity index (χ0) is 10.7. The SMILES string of the molecule is NNC(c1csc(I)c1)c1cnccn1. The molecule has 2 aromatic heterocycles. The molecule has 6 heteroatoms. The molecule has 3 N–H and O–H groups in total. The number of nitrogens with zero attached hydrogens (tertiary/aromatic N) is 2. The van der Waals surface area contributed by atoms with E-state index >= 15 is 0 Å². The molecule has 0 aromatic carbocycles. The van der Waals surface area contributed by atoms with Crippen LogP contribution in [0.5, 0.6) is 0 Å². The van der Waals surface area contributed by atoms with Gasteiger partial charge in [0.05, 0.1) is 20.8 Å².